The molecule has 1 saturated heterocycles. The number of hydrogen-bond acceptors (Lipinski definition) is 6. The lowest BCUT2D eigenvalue weighted by Crippen LogP contribution is -2.43. The first kappa shape index (κ1) is 11.0. The van der Waals surface area contributed by atoms with Crippen molar-refractivity contribution in [3.63, 3.8) is 0 Å². The molecule has 0 radical (unpaired) electrons. The Morgan fingerprint density at radius 3 is 2.57 bits per heavy atom. The number of thioether (sulfide) groups is 1. The maximum atomic E-state index is 11.1. The van der Waals surface area contributed by atoms with Crippen molar-refractivity contribution >= 4 is 28.8 Å². The Morgan fingerprint density at radius 1 is 1.36 bits per heavy atom. The van der Waals surface area contributed by atoms with E-state index >= 15 is 0 Å². The summed E-state index contributed by atoms with van der Waals surface area (Å²) in [6.07, 6.45) is -1.80. The summed E-state index contributed by atoms with van der Waals surface area (Å²) in [5.74, 6) is -1.04. The molecular weight excluding hydrogens is 208 g/mol. The highest BCUT2D eigenvalue weighted by Crippen LogP contribution is 2.15. The third-order valence-corrected chi connectivity index (χ3v) is 2.46. The number of carbonyl (C=O) groups excluding carboxylic acids is 3. The first-order valence-corrected chi connectivity index (χ1v) is 5.03. The number of cyclic esters (lactones) is 2. The predicted molar refractivity (Wildman–Crippen MR) is 48.6 cm³/mol. The normalized spacial score (nSPS) is 26.7. The van der Waals surface area contributed by atoms with Gasteiger partial charge in [-0.15, -0.1) is 0 Å². The van der Waals surface area contributed by atoms with Gasteiger partial charge in [0.05, 0.1) is 0 Å². The molecule has 0 aliphatic carbocycles. The van der Waals surface area contributed by atoms with Gasteiger partial charge in [-0.25, -0.2) is 9.59 Å². The molecule has 5 nitrogen and oxygen atoms in total. The lowest BCUT2D eigenvalue weighted by Gasteiger charge is -2.24. The van der Waals surface area contributed by atoms with Gasteiger partial charge in [0.2, 0.25) is 6.10 Å². The van der Waals surface area contributed by atoms with Crippen LogP contribution in [0.15, 0.2) is 0 Å². The van der Waals surface area contributed by atoms with Crippen molar-refractivity contribution < 1.29 is 23.9 Å². The van der Waals surface area contributed by atoms with Crippen molar-refractivity contribution in [3.8, 4) is 0 Å². The summed E-state index contributed by atoms with van der Waals surface area (Å²) in [5.41, 5.74) is 0. The Morgan fingerprint density at radius 2 is 2.00 bits per heavy atom. The molecule has 0 saturated carbocycles. The van der Waals surface area contributed by atoms with Crippen LogP contribution in [-0.4, -0.2) is 35.0 Å². The molecule has 0 amide bonds. The van der Waals surface area contributed by atoms with Gasteiger partial charge in [-0.05, 0) is 6.92 Å². The minimum Gasteiger partial charge on any atom is -0.448 e. The third kappa shape index (κ3) is 2.73. The smallest absolute Gasteiger partial charge is 0.349 e. The summed E-state index contributed by atoms with van der Waals surface area (Å²) in [7, 11) is 0. The number of esters is 2. The zero-order valence-corrected chi connectivity index (χ0v) is 8.63. The van der Waals surface area contributed by atoms with E-state index < -0.39 is 24.1 Å². The van der Waals surface area contributed by atoms with Crippen molar-refractivity contribution in [2.45, 2.75) is 26.1 Å². The Labute approximate surface area is 85.1 Å². The molecule has 1 fully saturated rings. The standard InChI is InChI=1S/C8H10O5S/c1-4-7(10)13-6(8(11)12-4)3-14-5(2)9/h4,6H,3H2,1-2H3/t4-,6-/m0/s1. The third-order valence-electron chi connectivity index (χ3n) is 1.58. The summed E-state index contributed by atoms with van der Waals surface area (Å²) < 4.78 is 9.48. The van der Waals surface area contributed by atoms with Crippen molar-refractivity contribution in [2.75, 3.05) is 5.75 Å². The van der Waals surface area contributed by atoms with Gasteiger partial charge in [0.1, 0.15) is 0 Å². The Bertz CT molecular complexity index is 275. The molecule has 0 bridgehead atoms. The second-order valence-corrected chi connectivity index (χ2v) is 4.00. The zero-order chi connectivity index (χ0) is 10.7. The first-order chi connectivity index (χ1) is 6.50. The lowest BCUT2D eigenvalue weighted by molar-refractivity contribution is -0.191. The summed E-state index contributed by atoms with van der Waals surface area (Å²) in [6.45, 7) is 2.82. The molecule has 2 atom stereocenters. The van der Waals surface area contributed by atoms with Gasteiger partial charge >= 0.3 is 11.9 Å². The van der Waals surface area contributed by atoms with Crippen LogP contribution in [0.3, 0.4) is 0 Å². The van der Waals surface area contributed by atoms with Gasteiger partial charge in [-0.2, -0.15) is 0 Å². The van der Waals surface area contributed by atoms with Crippen molar-refractivity contribution in [1.82, 2.24) is 0 Å². The minimum atomic E-state index is -0.951. The second-order valence-electron chi connectivity index (χ2n) is 2.81. The van der Waals surface area contributed by atoms with Crippen LogP contribution in [0.5, 0.6) is 0 Å². The Hall–Kier alpha value is -1.04. The van der Waals surface area contributed by atoms with E-state index in [1.807, 2.05) is 0 Å². The maximum absolute atomic E-state index is 11.1. The summed E-state index contributed by atoms with van der Waals surface area (Å²) in [4.78, 5) is 32.7. The van der Waals surface area contributed by atoms with Crippen LogP contribution < -0.4 is 0 Å². The van der Waals surface area contributed by atoms with Crippen LogP contribution >= 0.6 is 11.8 Å². The molecule has 0 spiro atoms. The lowest BCUT2D eigenvalue weighted by atomic mass is 10.3. The fraction of sp³-hybridized carbons (Fsp3) is 0.625. The van der Waals surface area contributed by atoms with E-state index in [9.17, 15) is 14.4 Å². The molecule has 1 rings (SSSR count). The summed E-state index contributed by atoms with van der Waals surface area (Å²) in [5, 5.41) is -0.132. The van der Waals surface area contributed by atoms with Crippen LogP contribution in [0, 0.1) is 0 Å². The number of rotatable bonds is 2. The molecule has 0 aromatic carbocycles. The molecule has 1 aliphatic rings. The van der Waals surface area contributed by atoms with E-state index in [0.717, 1.165) is 11.8 Å². The Balaban J connectivity index is 2.49. The van der Waals surface area contributed by atoms with Crippen LogP contribution in [0.4, 0.5) is 0 Å². The largest absolute Gasteiger partial charge is 0.448 e. The molecule has 6 heteroatoms. The zero-order valence-electron chi connectivity index (χ0n) is 7.81. The Kier molecular flexibility index (Phi) is 3.51. The van der Waals surface area contributed by atoms with Crippen molar-refractivity contribution in [3.05, 3.63) is 0 Å². The monoisotopic (exact) mass is 218 g/mol. The topological polar surface area (TPSA) is 69.7 Å². The molecule has 78 valence electrons. The molecule has 1 aliphatic heterocycles. The van der Waals surface area contributed by atoms with E-state index in [2.05, 4.69) is 0 Å². The number of ether oxygens (including phenoxy) is 2. The van der Waals surface area contributed by atoms with E-state index in [1.165, 1.54) is 13.8 Å². The molecule has 1 heterocycles. The number of hydrogen-bond donors (Lipinski definition) is 0. The van der Waals surface area contributed by atoms with Gasteiger partial charge in [-0.1, -0.05) is 11.8 Å². The van der Waals surface area contributed by atoms with Crippen LogP contribution in [0.2, 0.25) is 0 Å². The van der Waals surface area contributed by atoms with Gasteiger partial charge in [0.15, 0.2) is 11.2 Å². The molecule has 0 aromatic heterocycles. The van der Waals surface area contributed by atoms with Crippen LogP contribution in [0.25, 0.3) is 0 Å². The highest BCUT2D eigenvalue weighted by atomic mass is 32.2. The van der Waals surface area contributed by atoms with Gasteiger partial charge < -0.3 is 9.47 Å². The quantitative estimate of drug-likeness (QED) is 0.613. The highest BCUT2D eigenvalue weighted by molar-refractivity contribution is 8.13. The summed E-state index contributed by atoms with van der Waals surface area (Å²) >= 11 is 0.928. The number of carbonyl (C=O) groups is 3. The fourth-order valence-corrected chi connectivity index (χ4v) is 1.47. The molecule has 0 unspecified atom stereocenters. The molecule has 14 heavy (non-hydrogen) atoms. The van der Waals surface area contributed by atoms with Gasteiger partial charge in [-0.3, -0.25) is 4.79 Å². The first-order valence-electron chi connectivity index (χ1n) is 4.05. The van der Waals surface area contributed by atoms with Crippen molar-refractivity contribution in [2.24, 2.45) is 0 Å². The molecular formula is C8H10O5S. The average molecular weight is 218 g/mol. The van der Waals surface area contributed by atoms with E-state index in [1.54, 1.807) is 0 Å². The maximum Gasteiger partial charge on any atom is 0.349 e. The molecule has 0 aromatic rings. The van der Waals surface area contributed by atoms with E-state index in [0.29, 0.717) is 0 Å². The van der Waals surface area contributed by atoms with Gasteiger partial charge in [0, 0.05) is 12.7 Å². The van der Waals surface area contributed by atoms with E-state index in [-0.39, 0.29) is 10.9 Å². The fourth-order valence-electron chi connectivity index (χ4n) is 0.877. The second kappa shape index (κ2) is 4.45. The van der Waals surface area contributed by atoms with Crippen LogP contribution in [-0.2, 0) is 23.9 Å². The summed E-state index contributed by atoms with van der Waals surface area (Å²) in [6, 6.07) is 0. The van der Waals surface area contributed by atoms with E-state index in [4.69, 9.17) is 9.47 Å². The predicted octanol–water partition coefficient (Wildman–Crippen LogP) is 0.123. The highest BCUT2D eigenvalue weighted by Gasteiger charge is 2.35. The van der Waals surface area contributed by atoms with Gasteiger partial charge in [0.25, 0.3) is 0 Å². The minimum absolute atomic E-state index is 0.118. The SMILES string of the molecule is CC(=O)SC[C@@H]1OC(=O)[C@H](C)OC1=O. The van der Waals surface area contributed by atoms with Crippen molar-refractivity contribution in [1.29, 1.82) is 0 Å². The van der Waals surface area contributed by atoms with Crippen LogP contribution in [0.1, 0.15) is 13.8 Å². The molecule has 0 N–H and O–H groups in total. The average Bonchev–Trinajstić information content (AvgIpc) is 2.09.